The highest BCUT2D eigenvalue weighted by Gasteiger charge is 2.40. The third-order valence-electron chi connectivity index (χ3n) is 9.25. The predicted octanol–water partition coefficient (Wildman–Crippen LogP) is 6.24. The van der Waals surface area contributed by atoms with Gasteiger partial charge in [-0.1, -0.05) is 48.7 Å². The number of aromatic nitrogens is 2. The fraction of sp³-hybridized carbons (Fsp3) is 0.486. The van der Waals surface area contributed by atoms with Crippen LogP contribution in [0.1, 0.15) is 49.4 Å². The first-order chi connectivity index (χ1) is 22.7. The van der Waals surface area contributed by atoms with Crippen LogP contribution in [0.25, 0.3) is 10.8 Å². The fourth-order valence-electron chi connectivity index (χ4n) is 6.94. The minimum Gasteiger partial charge on any atom is -0.452 e. The molecule has 1 saturated carbocycles. The van der Waals surface area contributed by atoms with Crippen molar-refractivity contribution in [1.82, 2.24) is 14.9 Å². The largest absolute Gasteiger partial charge is 0.452 e. The molecule has 1 aliphatic carbocycles. The summed E-state index contributed by atoms with van der Waals surface area (Å²) in [6.45, 7) is 10.4. The van der Waals surface area contributed by atoms with Gasteiger partial charge < -0.3 is 24.2 Å². The van der Waals surface area contributed by atoms with E-state index < -0.39 is 12.0 Å². The van der Waals surface area contributed by atoms with Gasteiger partial charge in [0.15, 0.2) is 0 Å². The number of halogens is 2. The van der Waals surface area contributed by atoms with Gasteiger partial charge in [0.1, 0.15) is 17.2 Å². The number of benzene rings is 2. The van der Waals surface area contributed by atoms with Crippen LogP contribution in [0.2, 0.25) is 0 Å². The Kier molecular flexibility index (Phi) is 9.85. The Hall–Kier alpha value is -3.95. The van der Waals surface area contributed by atoms with Crippen LogP contribution in [0, 0.1) is 18.3 Å². The van der Waals surface area contributed by atoms with Crippen molar-refractivity contribution in [3.63, 3.8) is 0 Å². The number of thioether (sulfide) groups is 1. The van der Waals surface area contributed by atoms with Gasteiger partial charge in [0.2, 0.25) is 5.91 Å². The van der Waals surface area contributed by atoms with E-state index in [1.54, 1.807) is 4.90 Å². The molecular formula is C35H40F2N6O3S. The minimum absolute atomic E-state index is 0.141. The van der Waals surface area contributed by atoms with E-state index >= 15 is 0 Å². The number of carbonyl (C=O) groups excluding carboxylic acids is 1. The van der Waals surface area contributed by atoms with Crippen molar-refractivity contribution in [1.29, 1.82) is 5.26 Å². The van der Waals surface area contributed by atoms with Gasteiger partial charge in [0.25, 0.3) is 5.92 Å². The Balaban J connectivity index is 1.25. The summed E-state index contributed by atoms with van der Waals surface area (Å²) in [6.07, 6.45) is 1.70. The van der Waals surface area contributed by atoms with Crippen LogP contribution in [0.15, 0.2) is 49.1 Å². The molecule has 2 fully saturated rings. The van der Waals surface area contributed by atoms with Crippen molar-refractivity contribution in [2.45, 2.75) is 76.0 Å². The van der Waals surface area contributed by atoms with Crippen molar-refractivity contribution in [3.8, 4) is 12.1 Å². The topological polar surface area (TPSA) is 94.8 Å². The molecule has 1 unspecified atom stereocenters. The second-order valence-electron chi connectivity index (χ2n) is 12.4. The first kappa shape index (κ1) is 33.0. The Morgan fingerprint density at radius 3 is 2.77 bits per heavy atom. The number of carbonyl (C=O) groups is 1. The van der Waals surface area contributed by atoms with E-state index in [1.807, 2.05) is 6.92 Å². The van der Waals surface area contributed by atoms with E-state index in [0.717, 1.165) is 29.3 Å². The molecule has 3 atom stereocenters. The molecule has 2 aromatic carbocycles. The quantitative estimate of drug-likeness (QED) is 0.185. The molecule has 0 N–H and O–H groups in total. The summed E-state index contributed by atoms with van der Waals surface area (Å²) < 4.78 is 39.3. The van der Waals surface area contributed by atoms with E-state index in [0.29, 0.717) is 39.0 Å². The van der Waals surface area contributed by atoms with Crippen LogP contribution in [-0.2, 0) is 22.5 Å². The zero-order valence-corrected chi connectivity index (χ0v) is 27.6. The van der Waals surface area contributed by atoms with Crippen molar-refractivity contribution < 1.29 is 23.0 Å². The number of nitrogens with zero attached hydrogens (tertiary/aromatic N) is 6. The molecule has 1 aromatic heterocycles. The average Bonchev–Trinajstić information content (AvgIpc) is 3.41. The number of amides is 1. The Bertz CT molecular complexity index is 1680. The molecule has 9 nitrogen and oxygen atoms in total. The number of ether oxygens (including phenoxy) is 2. The Labute approximate surface area is 278 Å². The van der Waals surface area contributed by atoms with Crippen LogP contribution >= 0.6 is 11.8 Å². The number of fused-ring (bicyclic) bond motifs is 2. The summed E-state index contributed by atoms with van der Waals surface area (Å²) >= 11 is 1.37. The number of alkyl halides is 2. The van der Waals surface area contributed by atoms with E-state index in [4.69, 9.17) is 19.4 Å². The highest BCUT2D eigenvalue weighted by Crippen LogP contribution is 2.38. The van der Waals surface area contributed by atoms with E-state index in [1.165, 1.54) is 34.2 Å². The molecule has 12 heteroatoms. The van der Waals surface area contributed by atoms with Gasteiger partial charge in [-0.3, -0.25) is 4.79 Å². The van der Waals surface area contributed by atoms with E-state index in [-0.39, 0.29) is 48.6 Å². The number of anilines is 2. The van der Waals surface area contributed by atoms with Crippen molar-refractivity contribution in [3.05, 3.63) is 65.9 Å². The van der Waals surface area contributed by atoms with Crippen LogP contribution in [-0.4, -0.2) is 76.4 Å². The van der Waals surface area contributed by atoms with Crippen LogP contribution in [0.4, 0.5) is 20.3 Å². The maximum Gasteiger partial charge on any atom is 0.319 e. The van der Waals surface area contributed by atoms with Gasteiger partial charge in [-0.15, -0.1) is 0 Å². The van der Waals surface area contributed by atoms with Gasteiger partial charge in [-0.05, 0) is 49.8 Å². The molecule has 47 heavy (non-hydrogen) atoms. The minimum atomic E-state index is -2.66. The van der Waals surface area contributed by atoms with Crippen molar-refractivity contribution in [2.24, 2.45) is 0 Å². The number of piperazine rings is 1. The zero-order valence-electron chi connectivity index (χ0n) is 26.8. The number of rotatable bonds is 10. The van der Waals surface area contributed by atoms with Crippen LogP contribution < -0.4 is 14.5 Å². The van der Waals surface area contributed by atoms with Gasteiger partial charge in [-0.2, -0.15) is 15.2 Å². The van der Waals surface area contributed by atoms with E-state index in [9.17, 15) is 18.8 Å². The number of nitriles is 1. The first-order valence-electron chi connectivity index (χ1n) is 16.1. The highest BCUT2D eigenvalue weighted by molar-refractivity contribution is 7.99. The lowest BCUT2D eigenvalue weighted by Gasteiger charge is -2.42. The van der Waals surface area contributed by atoms with E-state index in [2.05, 4.69) is 65.8 Å². The molecule has 3 aliphatic rings. The van der Waals surface area contributed by atoms with Crippen LogP contribution in [0.3, 0.4) is 0 Å². The number of hydrogen-bond donors (Lipinski definition) is 0. The maximum atomic E-state index is 13.7. The number of hydrogen-bond acceptors (Lipinski definition) is 9. The van der Waals surface area contributed by atoms with Gasteiger partial charge in [0.05, 0.1) is 36.9 Å². The maximum absolute atomic E-state index is 13.7. The molecule has 0 spiro atoms. The van der Waals surface area contributed by atoms with Crippen LogP contribution in [0.5, 0.6) is 6.01 Å². The molecule has 248 valence electrons. The highest BCUT2D eigenvalue weighted by atomic mass is 32.2. The first-order valence-corrected chi connectivity index (χ1v) is 17.2. The van der Waals surface area contributed by atoms with Crippen molar-refractivity contribution >= 4 is 39.9 Å². The third-order valence-corrected chi connectivity index (χ3v) is 10.1. The fourth-order valence-corrected chi connectivity index (χ4v) is 7.54. The number of aryl methyl sites for hydroxylation is 1. The summed E-state index contributed by atoms with van der Waals surface area (Å²) in [5, 5.41) is 11.9. The standard InChI is InChI=1S/C35H40F2N6O3S/c1-4-31(44)43-18-17-42(20-26(43)12-15-38)33-28-13-16-41(30-10-6-9-25-8-5-7-23(2)32(25)30)21-29(28)39-34(40-33)45-22-47-24(3)46-27-11-14-35(36,37)19-27/h4-10,24,26-27H,1,11-14,16-22H2,2-3H3/t24-,26+,27?/m1/s1. The molecule has 0 bridgehead atoms. The molecule has 0 radical (unpaired) electrons. The summed E-state index contributed by atoms with van der Waals surface area (Å²) in [6, 6.07) is 14.9. The Morgan fingerprint density at radius 1 is 1.21 bits per heavy atom. The Morgan fingerprint density at radius 2 is 2.02 bits per heavy atom. The monoisotopic (exact) mass is 662 g/mol. The lowest BCUT2D eigenvalue weighted by atomic mass is 9.99. The normalized spacial score (nSPS) is 21.3. The summed E-state index contributed by atoms with van der Waals surface area (Å²) in [5.41, 5.74) is 3.93. The molecule has 2 aliphatic heterocycles. The lowest BCUT2D eigenvalue weighted by molar-refractivity contribution is -0.128. The smallest absolute Gasteiger partial charge is 0.319 e. The van der Waals surface area contributed by atoms with Gasteiger partial charge >= 0.3 is 6.01 Å². The van der Waals surface area contributed by atoms with Gasteiger partial charge in [0, 0.05) is 55.7 Å². The molecule has 6 rings (SSSR count). The lowest BCUT2D eigenvalue weighted by Crippen LogP contribution is -2.55. The molecule has 1 amide bonds. The second-order valence-corrected chi connectivity index (χ2v) is 13.7. The third kappa shape index (κ3) is 7.31. The summed E-state index contributed by atoms with van der Waals surface area (Å²) in [4.78, 5) is 28.5. The van der Waals surface area contributed by atoms with Gasteiger partial charge in [-0.25, -0.2) is 8.78 Å². The zero-order chi connectivity index (χ0) is 33.1. The van der Waals surface area contributed by atoms with Crippen molar-refractivity contribution in [2.75, 3.05) is 41.9 Å². The average molecular weight is 663 g/mol. The predicted molar refractivity (Wildman–Crippen MR) is 180 cm³/mol. The molecular weight excluding hydrogens is 622 g/mol. The summed E-state index contributed by atoms with van der Waals surface area (Å²) in [5.74, 6) is -1.90. The second kappa shape index (κ2) is 14.0. The molecule has 3 heterocycles. The molecule has 1 saturated heterocycles. The SMILES string of the molecule is C=CC(=O)N1CCN(c2nc(OCS[C@H](C)OC3CCC(F)(F)C3)nc3c2CCN(c2cccc4cccc(C)c24)C3)C[C@@H]1CC#N. The molecule has 3 aromatic rings. The summed E-state index contributed by atoms with van der Waals surface area (Å²) in [7, 11) is 0.